The molecule has 0 N–H and O–H groups in total. The van der Waals surface area contributed by atoms with Gasteiger partial charge in [0, 0.05) is 45.6 Å². The molecule has 0 aliphatic carbocycles. The van der Waals surface area contributed by atoms with Crippen molar-refractivity contribution in [1.82, 2.24) is 18.8 Å². The van der Waals surface area contributed by atoms with Gasteiger partial charge in [-0.15, -0.1) is 0 Å². The maximum absolute atomic E-state index is 13.0. The lowest BCUT2D eigenvalue weighted by molar-refractivity contribution is -0.131. The lowest BCUT2D eigenvalue weighted by atomic mass is 10.2. The smallest absolute Gasteiger partial charge is 0.243 e. The number of hydrogen-bond donors (Lipinski definition) is 0. The standard InChI is InChI=1S/C22H34N4O4S/c1-4-7-12-24(5-2)22(27)11-10-21-23-19-17-18(8-9-20(19)26(21)6-3)31(28,29)25-13-15-30-16-14-25/h8-9,17H,4-7,10-16H2,1-3H3. The first-order valence-electron chi connectivity index (χ1n) is 11.3. The Bertz CT molecular complexity index is 996. The molecule has 0 radical (unpaired) electrons. The van der Waals surface area contributed by atoms with Crippen molar-refractivity contribution in [3.63, 3.8) is 0 Å². The van der Waals surface area contributed by atoms with E-state index in [0.717, 1.165) is 30.7 Å². The lowest BCUT2D eigenvalue weighted by Crippen LogP contribution is -2.40. The number of carbonyl (C=O) groups excluding carboxylic acids is 1. The van der Waals surface area contributed by atoms with E-state index in [1.54, 1.807) is 12.1 Å². The van der Waals surface area contributed by atoms with Crippen LogP contribution in [0.1, 0.15) is 45.9 Å². The van der Waals surface area contributed by atoms with E-state index in [4.69, 9.17) is 9.72 Å². The van der Waals surface area contributed by atoms with E-state index in [2.05, 4.69) is 11.5 Å². The molecule has 1 aliphatic rings. The minimum Gasteiger partial charge on any atom is -0.379 e. The number of rotatable bonds is 10. The Hall–Kier alpha value is -1.97. The highest BCUT2D eigenvalue weighted by Crippen LogP contribution is 2.24. The van der Waals surface area contributed by atoms with Crippen LogP contribution >= 0.6 is 0 Å². The molecule has 0 unspecified atom stereocenters. The number of unbranched alkanes of at least 4 members (excludes halogenated alkanes) is 1. The summed E-state index contributed by atoms with van der Waals surface area (Å²) in [5, 5.41) is 0. The molecule has 0 atom stereocenters. The van der Waals surface area contributed by atoms with Crippen molar-refractivity contribution in [2.24, 2.45) is 0 Å². The first-order chi connectivity index (χ1) is 14.9. The minimum atomic E-state index is -3.57. The summed E-state index contributed by atoms with van der Waals surface area (Å²) in [6.07, 6.45) is 3.01. The lowest BCUT2D eigenvalue weighted by Gasteiger charge is -2.26. The molecule has 3 rings (SSSR count). The molecule has 1 fully saturated rings. The zero-order chi connectivity index (χ0) is 22.4. The van der Waals surface area contributed by atoms with E-state index in [1.807, 2.05) is 24.8 Å². The summed E-state index contributed by atoms with van der Waals surface area (Å²) >= 11 is 0. The molecule has 0 spiro atoms. The Morgan fingerprint density at radius 3 is 2.58 bits per heavy atom. The number of fused-ring (bicyclic) bond motifs is 1. The van der Waals surface area contributed by atoms with Gasteiger partial charge in [0.25, 0.3) is 0 Å². The third kappa shape index (κ3) is 5.27. The summed E-state index contributed by atoms with van der Waals surface area (Å²) < 4.78 is 34.8. The Labute approximate surface area is 185 Å². The van der Waals surface area contributed by atoms with Gasteiger partial charge in [-0.2, -0.15) is 4.31 Å². The SMILES string of the molecule is CCCCN(CC)C(=O)CCc1nc2cc(S(=O)(=O)N3CCOCC3)ccc2n1CC. The number of aromatic nitrogens is 2. The van der Waals surface area contributed by atoms with Crippen molar-refractivity contribution < 1.29 is 17.9 Å². The molecule has 1 aliphatic heterocycles. The molecule has 2 heterocycles. The number of benzene rings is 1. The first-order valence-corrected chi connectivity index (χ1v) is 12.7. The quantitative estimate of drug-likeness (QED) is 0.556. The summed E-state index contributed by atoms with van der Waals surface area (Å²) in [7, 11) is -3.57. The average Bonchev–Trinajstić information content (AvgIpc) is 3.15. The van der Waals surface area contributed by atoms with Crippen molar-refractivity contribution in [3.8, 4) is 0 Å². The van der Waals surface area contributed by atoms with Crippen LogP contribution in [0.2, 0.25) is 0 Å². The predicted molar refractivity (Wildman–Crippen MR) is 120 cm³/mol. The second-order valence-corrected chi connectivity index (χ2v) is 9.70. The Kier molecular flexibility index (Phi) is 8.07. The molecule has 1 aromatic heterocycles. The van der Waals surface area contributed by atoms with Crippen LogP contribution in [-0.2, 0) is 32.5 Å². The summed E-state index contributed by atoms with van der Waals surface area (Å²) in [5.41, 5.74) is 1.54. The monoisotopic (exact) mass is 450 g/mol. The van der Waals surface area contributed by atoms with E-state index in [9.17, 15) is 13.2 Å². The van der Waals surface area contributed by atoms with Crippen LogP contribution in [-0.4, -0.2) is 72.5 Å². The fourth-order valence-corrected chi connectivity index (χ4v) is 5.41. The second kappa shape index (κ2) is 10.6. The zero-order valence-corrected chi connectivity index (χ0v) is 19.7. The fraction of sp³-hybridized carbons (Fsp3) is 0.636. The van der Waals surface area contributed by atoms with E-state index >= 15 is 0 Å². The Balaban J connectivity index is 1.81. The summed E-state index contributed by atoms with van der Waals surface area (Å²) in [5.74, 6) is 0.958. The normalized spacial score (nSPS) is 15.5. The van der Waals surface area contributed by atoms with Crippen molar-refractivity contribution in [3.05, 3.63) is 24.0 Å². The number of ether oxygens (including phenoxy) is 1. The molecule has 2 aromatic rings. The van der Waals surface area contributed by atoms with Crippen LogP contribution < -0.4 is 0 Å². The molecular formula is C22H34N4O4S. The summed E-state index contributed by atoms with van der Waals surface area (Å²) in [4.78, 5) is 19.5. The van der Waals surface area contributed by atoms with E-state index in [1.165, 1.54) is 4.31 Å². The van der Waals surface area contributed by atoms with Crippen molar-refractivity contribution in [2.45, 2.75) is 57.9 Å². The molecule has 0 saturated carbocycles. The zero-order valence-electron chi connectivity index (χ0n) is 18.8. The number of imidazole rings is 1. The van der Waals surface area contributed by atoms with Crippen LogP contribution in [0.25, 0.3) is 11.0 Å². The van der Waals surface area contributed by atoms with Gasteiger partial charge < -0.3 is 14.2 Å². The highest BCUT2D eigenvalue weighted by Gasteiger charge is 2.27. The molecule has 9 heteroatoms. The average molecular weight is 451 g/mol. The highest BCUT2D eigenvalue weighted by atomic mass is 32.2. The molecule has 8 nitrogen and oxygen atoms in total. The van der Waals surface area contributed by atoms with Gasteiger partial charge in [0.2, 0.25) is 15.9 Å². The molecule has 1 aromatic carbocycles. The second-order valence-electron chi connectivity index (χ2n) is 7.77. The topological polar surface area (TPSA) is 84.7 Å². The molecule has 172 valence electrons. The predicted octanol–water partition coefficient (Wildman–Crippen LogP) is 2.66. The van der Waals surface area contributed by atoms with Crippen LogP contribution in [0.15, 0.2) is 23.1 Å². The third-order valence-electron chi connectivity index (χ3n) is 5.80. The Morgan fingerprint density at radius 2 is 1.94 bits per heavy atom. The van der Waals surface area contributed by atoms with E-state index < -0.39 is 10.0 Å². The van der Waals surface area contributed by atoms with Crippen LogP contribution in [0.4, 0.5) is 0 Å². The van der Waals surface area contributed by atoms with Crippen LogP contribution in [0.5, 0.6) is 0 Å². The minimum absolute atomic E-state index is 0.140. The molecule has 1 saturated heterocycles. The van der Waals surface area contributed by atoms with Gasteiger partial charge in [-0.3, -0.25) is 4.79 Å². The largest absolute Gasteiger partial charge is 0.379 e. The maximum Gasteiger partial charge on any atom is 0.243 e. The van der Waals surface area contributed by atoms with Crippen molar-refractivity contribution in [1.29, 1.82) is 0 Å². The summed E-state index contributed by atoms with van der Waals surface area (Å²) in [6.45, 7) is 9.93. The molecule has 31 heavy (non-hydrogen) atoms. The number of hydrogen-bond acceptors (Lipinski definition) is 5. The number of amides is 1. The Morgan fingerprint density at radius 1 is 1.19 bits per heavy atom. The first kappa shape index (κ1) is 23.7. The molecule has 1 amide bonds. The molecule has 0 bridgehead atoms. The van der Waals surface area contributed by atoms with Gasteiger partial charge >= 0.3 is 0 Å². The van der Waals surface area contributed by atoms with Gasteiger partial charge in [-0.05, 0) is 38.5 Å². The number of sulfonamides is 1. The van der Waals surface area contributed by atoms with E-state index in [-0.39, 0.29) is 10.8 Å². The van der Waals surface area contributed by atoms with Crippen molar-refractivity contribution in [2.75, 3.05) is 39.4 Å². The number of carbonyl (C=O) groups is 1. The van der Waals surface area contributed by atoms with Gasteiger partial charge in [0.15, 0.2) is 0 Å². The number of morpholine rings is 1. The third-order valence-corrected chi connectivity index (χ3v) is 7.70. The van der Waals surface area contributed by atoms with Gasteiger partial charge in [-0.25, -0.2) is 13.4 Å². The fourth-order valence-electron chi connectivity index (χ4n) is 3.98. The summed E-state index contributed by atoms with van der Waals surface area (Å²) in [6, 6.07) is 5.13. The van der Waals surface area contributed by atoms with Crippen LogP contribution in [0, 0.1) is 0 Å². The molecular weight excluding hydrogens is 416 g/mol. The maximum atomic E-state index is 13.0. The van der Waals surface area contributed by atoms with Crippen molar-refractivity contribution >= 4 is 27.0 Å². The van der Waals surface area contributed by atoms with Gasteiger partial charge in [0.1, 0.15) is 5.82 Å². The number of aryl methyl sites for hydroxylation is 2. The van der Waals surface area contributed by atoms with Crippen LogP contribution in [0.3, 0.4) is 0 Å². The van der Waals surface area contributed by atoms with Gasteiger partial charge in [0.05, 0.1) is 29.1 Å². The highest BCUT2D eigenvalue weighted by molar-refractivity contribution is 7.89. The number of nitrogens with zero attached hydrogens (tertiary/aromatic N) is 4. The van der Waals surface area contributed by atoms with Gasteiger partial charge in [-0.1, -0.05) is 13.3 Å². The van der Waals surface area contributed by atoms with E-state index in [0.29, 0.717) is 57.8 Å².